The smallest absolute Gasteiger partial charge is 0.293 e. The fourth-order valence-corrected chi connectivity index (χ4v) is 5.19. The molecule has 3 aromatic rings. The number of para-hydroxylation sites is 1. The van der Waals surface area contributed by atoms with Gasteiger partial charge in [0.05, 0.1) is 23.1 Å². The van der Waals surface area contributed by atoms with E-state index in [4.69, 9.17) is 44.3 Å². The highest BCUT2D eigenvalue weighted by Gasteiger charge is 2.36. The van der Waals surface area contributed by atoms with E-state index >= 15 is 0 Å². The standard InChI is InChI=1S/C27H21Cl3N2O5S/c1-2-36-22-12-16(11-21(30)25(22)37-15-24(33)31-17-7-4-3-5-8-17)13-23-26(34)32(27(35)38-23)14-18-19(28)9-6-10-20(18)29/h3-13H,2,14-15H2,1H3,(H,31,33)/b23-13-. The van der Waals surface area contributed by atoms with E-state index in [1.54, 1.807) is 67.6 Å². The Labute approximate surface area is 238 Å². The summed E-state index contributed by atoms with van der Waals surface area (Å²) < 4.78 is 11.4. The monoisotopic (exact) mass is 590 g/mol. The molecule has 196 valence electrons. The number of hydrogen-bond acceptors (Lipinski definition) is 6. The minimum atomic E-state index is -0.483. The van der Waals surface area contributed by atoms with Gasteiger partial charge in [-0.3, -0.25) is 19.3 Å². The van der Waals surface area contributed by atoms with E-state index in [-0.39, 0.29) is 34.7 Å². The molecule has 4 rings (SSSR count). The van der Waals surface area contributed by atoms with E-state index < -0.39 is 11.1 Å². The average Bonchev–Trinajstić information content (AvgIpc) is 3.13. The molecule has 1 saturated heterocycles. The minimum absolute atomic E-state index is 0.0523. The molecule has 11 heteroatoms. The Balaban J connectivity index is 1.51. The van der Waals surface area contributed by atoms with Crippen molar-refractivity contribution in [3.8, 4) is 11.5 Å². The lowest BCUT2D eigenvalue weighted by Gasteiger charge is -2.15. The summed E-state index contributed by atoms with van der Waals surface area (Å²) in [5, 5.41) is 3.19. The zero-order chi connectivity index (χ0) is 27.2. The van der Waals surface area contributed by atoms with Crippen LogP contribution in [-0.4, -0.2) is 35.2 Å². The Kier molecular flexibility index (Phi) is 9.22. The third kappa shape index (κ3) is 6.63. The summed E-state index contributed by atoms with van der Waals surface area (Å²) in [5.74, 6) is -0.370. The third-order valence-electron chi connectivity index (χ3n) is 5.29. The fraction of sp³-hybridized carbons (Fsp3) is 0.148. The number of anilines is 1. The van der Waals surface area contributed by atoms with Crippen molar-refractivity contribution in [3.63, 3.8) is 0 Å². The zero-order valence-corrected chi connectivity index (χ0v) is 23.1. The van der Waals surface area contributed by atoms with Gasteiger partial charge in [0, 0.05) is 21.3 Å². The lowest BCUT2D eigenvalue weighted by atomic mass is 10.1. The average molecular weight is 592 g/mol. The van der Waals surface area contributed by atoms with Crippen LogP contribution in [0.2, 0.25) is 15.1 Å². The molecule has 38 heavy (non-hydrogen) atoms. The molecule has 1 N–H and O–H groups in total. The van der Waals surface area contributed by atoms with Crippen LogP contribution in [0.1, 0.15) is 18.1 Å². The molecular weight excluding hydrogens is 571 g/mol. The second-order valence-electron chi connectivity index (χ2n) is 7.93. The van der Waals surface area contributed by atoms with E-state index in [1.807, 2.05) is 6.07 Å². The first-order valence-corrected chi connectivity index (χ1v) is 13.3. The van der Waals surface area contributed by atoms with Gasteiger partial charge < -0.3 is 14.8 Å². The maximum Gasteiger partial charge on any atom is 0.293 e. The summed E-state index contributed by atoms with van der Waals surface area (Å²) >= 11 is 19.7. The third-order valence-corrected chi connectivity index (χ3v) is 7.18. The maximum absolute atomic E-state index is 13.0. The Hall–Kier alpha value is -3.17. The summed E-state index contributed by atoms with van der Waals surface area (Å²) in [7, 11) is 0. The van der Waals surface area contributed by atoms with E-state index in [9.17, 15) is 14.4 Å². The van der Waals surface area contributed by atoms with E-state index in [2.05, 4.69) is 5.32 Å². The molecule has 0 radical (unpaired) electrons. The molecule has 0 atom stereocenters. The number of hydrogen-bond donors (Lipinski definition) is 1. The number of halogens is 3. The van der Waals surface area contributed by atoms with Crippen molar-refractivity contribution in [1.29, 1.82) is 0 Å². The van der Waals surface area contributed by atoms with Crippen LogP contribution in [0.3, 0.4) is 0 Å². The summed E-state index contributed by atoms with van der Waals surface area (Å²) in [6.45, 7) is 1.75. The second kappa shape index (κ2) is 12.6. The number of imide groups is 1. The lowest BCUT2D eigenvalue weighted by Crippen LogP contribution is -2.27. The number of rotatable bonds is 9. The van der Waals surface area contributed by atoms with Gasteiger partial charge in [0.2, 0.25) is 0 Å². The Morgan fingerprint density at radius 1 is 0.974 bits per heavy atom. The molecule has 1 aliphatic rings. The van der Waals surface area contributed by atoms with Crippen molar-refractivity contribution in [2.75, 3.05) is 18.5 Å². The van der Waals surface area contributed by atoms with E-state index in [1.165, 1.54) is 0 Å². The number of thioether (sulfide) groups is 1. The number of carbonyl (C=O) groups excluding carboxylic acids is 3. The zero-order valence-electron chi connectivity index (χ0n) is 20.0. The molecule has 0 spiro atoms. The van der Waals surface area contributed by atoms with Crippen LogP contribution in [0.4, 0.5) is 10.5 Å². The van der Waals surface area contributed by atoms with Gasteiger partial charge >= 0.3 is 0 Å². The maximum atomic E-state index is 13.0. The van der Waals surface area contributed by atoms with Gasteiger partial charge in [-0.2, -0.15) is 0 Å². The molecule has 0 saturated carbocycles. The lowest BCUT2D eigenvalue weighted by molar-refractivity contribution is -0.123. The molecule has 3 aromatic carbocycles. The highest BCUT2D eigenvalue weighted by Crippen LogP contribution is 2.40. The molecule has 3 amide bonds. The number of nitrogens with one attached hydrogen (secondary N) is 1. The van der Waals surface area contributed by atoms with Crippen LogP contribution in [0.15, 0.2) is 65.6 Å². The van der Waals surface area contributed by atoms with Gasteiger partial charge in [-0.15, -0.1) is 0 Å². The van der Waals surface area contributed by atoms with Crippen LogP contribution < -0.4 is 14.8 Å². The van der Waals surface area contributed by atoms with Crippen molar-refractivity contribution in [2.24, 2.45) is 0 Å². The highest BCUT2D eigenvalue weighted by molar-refractivity contribution is 8.18. The molecule has 0 aromatic heterocycles. The molecule has 7 nitrogen and oxygen atoms in total. The Morgan fingerprint density at radius 2 is 1.68 bits per heavy atom. The van der Waals surface area contributed by atoms with Crippen molar-refractivity contribution in [1.82, 2.24) is 4.90 Å². The van der Waals surface area contributed by atoms with Crippen LogP contribution >= 0.6 is 46.6 Å². The normalized spacial score (nSPS) is 14.2. The first-order chi connectivity index (χ1) is 18.3. The summed E-state index contributed by atoms with van der Waals surface area (Å²) in [4.78, 5) is 39.2. The van der Waals surface area contributed by atoms with Crippen LogP contribution in [0.5, 0.6) is 11.5 Å². The van der Waals surface area contributed by atoms with Crippen LogP contribution in [0.25, 0.3) is 6.08 Å². The summed E-state index contributed by atoms with van der Waals surface area (Å²) in [5.41, 5.74) is 1.64. The van der Waals surface area contributed by atoms with Gasteiger partial charge in [0.1, 0.15) is 0 Å². The molecule has 1 aliphatic heterocycles. The molecular formula is C27H21Cl3N2O5S. The number of benzene rings is 3. The quantitative estimate of drug-likeness (QED) is 0.263. The molecule has 1 fully saturated rings. The first kappa shape index (κ1) is 27.9. The Bertz CT molecular complexity index is 1400. The van der Waals surface area contributed by atoms with Gasteiger partial charge in [0.15, 0.2) is 18.1 Å². The van der Waals surface area contributed by atoms with Crippen molar-refractivity contribution >= 4 is 75.4 Å². The van der Waals surface area contributed by atoms with E-state index in [0.717, 1.165) is 16.7 Å². The Morgan fingerprint density at radius 3 is 2.37 bits per heavy atom. The van der Waals surface area contributed by atoms with Crippen LogP contribution in [-0.2, 0) is 16.1 Å². The number of amides is 3. The van der Waals surface area contributed by atoms with Gasteiger partial charge in [-0.1, -0.05) is 59.1 Å². The SMILES string of the molecule is CCOc1cc(/C=C2\SC(=O)N(Cc3c(Cl)cccc3Cl)C2=O)cc(Cl)c1OCC(=O)Nc1ccccc1. The van der Waals surface area contributed by atoms with Crippen molar-refractivity contribution in [3.05, 3.63) is 91.8 Å². The molecule has 0 aliphatic carbocycles. The number of carbonyl (C=O) groups is 3. The predicted molar refractivity (Wildman–Crippen MR) is 151 cm³/mol. The topological polar surface area (TPSA) is 84.9 Å². The molecule has 1 heterocycles. The minimum Gasteiger partial charge on any atom is -0.490 e. The molecule has 0 bridgehead atoms. The summed E-state index contributed by atoms with van der Waals surface area (Å²) in [6, 6.07) is 17.1. The first-order valence-electron chi connectivity index (χ1n) is 11.4. The highest BCUT2D eigenvalue weighted by atomic mass is 35.5. The van der Waals surface area contributed by atoms with Crippen molar-refractivity contribution < 1.29 is 23.9 Å². The number of nitrogens with zero attached hydrogens (tertiary/aromatic N) is 1. The largest absolute Gasteiger partial charge is 0.490 e. The van der Waals surface area contributed by atoms with Crippen LogP contribution in [0, 0.1) is 0 Å². The van der Waals surface area contributed by atoms with Gasteiger partial charge in [-0.25, -0.2) is 0 Å². The second-order valence-corrected chi connectivity index (χ2v) is 10.1. The number of ether oxygens (including phenoxy) is 2. The van der Waals surface area contributed by atoms with Gasteiger partial charge in [0.25, 0.3) is 17.1 Å². The predicted octanol–water partition coefficient (Wildman–Crippen LogP) is 7.30. The summed E-state index contributed by atoms with van der Waals surface area (Å²) in [6.07, 6.45) is 1.54. The fourth-order valence-electron chi connectivity index (χ4n) is 3.56. The van der Waals surface area contributed by atoms with Gasteiger partial charge in [-0.05, 0) is 66.7 Å². The van der Waals surface area contributed by atoms with Crippen molar-refractivity contribution in [2.45, 2.75) is 13.5 Å². The molecule has 0 unspecified atom stereocenters. The van der Waals surface area contributed by atoms with E-state index in [0.29, 0.717) is 39.2 Å².